The van der Waals surface area contributed by atoms with Crippen LogP contribution in [0.15, 0.2) is 18.2 Å². The molecule has 0 fully saturated rings. The molecule has 0 saturated carbocycles. The van der Waals surface area contributed by atoms with Crippen LogP contribution >= 0.6 is 0 Å². The van der Waals surface area contributed by atoms with Crippen molar-refractivity contribution < 1.29 is 14.6 Å². The number of fused-ring (bicyclic) bond motifs is 1. The van der Waals surface area contributed by atoms with Gasteiger partial charge in [0, 0.05) is 13.0 Å². The number of carboxylic acid groups (broad SMARTS) is 1. The molecule has 0 bridgehead atoms. The summed E-state index contributed by atoms with van der Waals surface area (Å²) in [4.78, 5) is 12.6. The van der Waals surface area contributed by atoms with Crippen LogP contribution in [0.3, 0.4) is 0 Å². The monoisotopic (exact) mass is 235 g/mol. The third-order valence-electron chi connectivity index (χ3n) is 2.97. The van der Waals surface area contributed by atoms with Crippen LogP contribution in [0, 0.1) is 0 Å². The molecule has 0 spiro atoms. The van der Waals surface area contributed by atoms with Crippen molar-refractivity contribution in [2.24, 2.45) is 0 Å². The van der Waals surface area contributed by atoms with Gasteiger partial charge in [-0.2, -0.15) is 0 Å². The molecule has 0 radical (unpaired) electrons. The van der Waals surface area contributed by atoms with Crippen molar-refractivity contribution in [2.75, 3.05) is 19.7 Å². The molecule has 0 atom stereocenters. The first kappa shape index (κ1) is 11.9. The van der Waals surface area contributed by atoms with Crippen molar-refractivity contribution in [3.63, 3.8) is 0 Å². The van der Waals surface area contributed by atoms with Crippen LogP contribution in [-0.2, 0) is 17.8 Å². The molecule has 1 aromatic carbocycles. The Hall–Kier alpha value is -1.55. The molecule has 0 aromatic heterocycles. The maximum absolute atomic E-state index is 10.7. The Morgan fingerprint density at radius 2 is 2.35 bits per heavy atom. The minimum absolute atomic E-state index is 0.0874. The summed E-state index contributed by atoms with van der Waals surface area (Å²) in [6, 6.07) is 6.10. The summed E-state index contributed by atoms with van der Waals surface area (Å²) >= 11 is 0. The van der Waals surface area contributed by atoms with Gasteiger partial charge in [-0.25, -0.2) is 0 Å². The van der Waals surface area contributed by atoms with E-state index in [1.807, 2.05) is 24.0 Å². The van der Waals surface area contributed by atoms with E-state index in [0.29, 0.717) is 6.54 Å². The average molecular weight is 235 g/mol. The molecule has 1 aromatic rings. The van der Waals surface area contributed by atoms with Crippen LogP contribution in [0.5, 0.6) is 5.75 Å². The largest absolute Gasteiger partial charge is 0.493 e. The number of carbonyl (C=O) groups is 1. The van der Waals surface area contributed by atoms with E-state index in [9.17, 15) is 4.79 Å². The van der Waals surface area contributed by atoms with Gasteiger partial charge in [0.05, 0.1) is 13.2 Å². The van der Waals surface area contributed by atoms with Crippen LogP contribution < -0.4 is 4.74 Å². The highest BCUT2D eigenvalue weighted by Gasteiger charge is 2.14. The van der Waals surface area contributed by atoms with Crippen molar-refractivity contribution in [1.29, 1.82) is 0 Å². The van der Waals surface area contributed by atoms with Crippen molar-refractivity contribution in [1.82, 2.24) is 4.90 Å². The maximum Gasteiger partial charge on any atom is 0.317 e. The fraction of sp³-hybridized carbons (Fsp3) is 0.462. The van der Waals surface area contributed by atoms with Crippen molar-refractivity contribution in [3.8, 4) is 5.75 Å². The lowest BCUT2D eigenvalue weighted by Crippen LogP contribution is -2.29. The molecular formula is C13H17NO3. The number of likely N-dealkylation sites (N-methyl/N-ethyl adjacent to an activating group) is 1. The molecule has 4 nitrogen and oxygen atoms in total. The molecule has 17 heavy (non-hydrogen) atoms. The van der Waals surface area contributed by atoms with Crippen LogP contribution in [-0.4, -0.2) is 35.7 Å². The number of hydrogen-bond acceptors (Lipinski definition) is 3. The second-order valence-corrected chi connectivity index (χ2v) is 4.24. The lowest BCUT2D eigenvalue weighted by molar-refractivity contribution is -0.138. The van der Waals surface area contributed by atoms with Crippen molar-refractivity contribution in [2.45, 2.75) is 19.9 Å². The summed E-state index contributed by atoms with van der Waals surface area (Å²) in [5.41, 5.74) is 2.38. The van der Waals surface area contributed by atoms with E-state index in [2.05, 4.69) is 6.07 Å². The topological polar surface area (TPSA) is 49.8 Å². The Morgan fingerprint density at radius 3 is 3.06 bits per heavy atom. The lowest BCUT2D eigenvalue weighted by atomic mass is 10.1. The Bertz CT molecular complexity index is 417. The molecule has 92 valence electrons. The number of rotatable bonds is 5. The first-order valence-electron chi connectivity index (χ1n) is 5.88. The Balaban J connectivity index is 2.04. The SMILES string of the molecule is CCN(CC(=O)O)Cc1ccc2c(c1)CCO2. The zero-order valence-corrected chi connectivity index (χ0v) is 9.98. The zero-order chi connectivity index (χ0) is 12.3. The number of hydrogen-bond donors (Lipinski definition) is 1. The van der Waals surface area contributed by atoms with Gasteiger partial charge in [-0.3, -0.25) is 9.69 Å². The number of aliphatic carboxylic acids is 1. The minimum atomic E-state index is -0.781. The Morgan fingerprint density at radius 1 is 1.53 bits per heavy atom. The van der Waals surface area contributed by atoms with Gasteiger partial charge in [0.15, 0.2) is 0 Å². The highest BCUT2D eigenvalue weighted by atomic mass is 16.5. The molecule has 0 amide bonds. The van der Waals surface area contributed by atoms with Gasteiger partial charge in [-0.05, 0) is 23.7 Å². The first-order chi connectivity index (χ1) is 8.19. The fourth-order valence-corrected chi connectivity index (χ4v) is 2.07. The third-order valence-corrected chi connectivity index (χ3v) is 2.97. The smallest absolute Gasteiger partial charge is 0.317 e. The minimum Gasteiger partial charge on any atom is -0.493 e. The maximum atomic E-state index is 10.7. The highest BCUT2D eigenvalue weighted by molar-refractivity contribution is 5.69. The second-order valence-electron chi connectivity index (χ2n) is 4.24. The molecule has 4 heteroatoms. The van der Waals surface area contributed by atoms with E-state index in [-0.39, 0.29) is 6.54 Å². The fourth-order valence-electron chi connectivity index (χ4n) is 2.07. The normalized spacial score (nSPS) is 13.5. The van der Waals surface area contributed by atoms with E-state index < -0.39 is 5.97 Å². The summed E-state index contributed by atoms with van der Waals surface area (Å²) in [5.74, 6) is 0.186. The molecule has 2 rings (SSSR count). The average Bonchev–Trinajstić information content (AvgIpc) is 2.74. The number of nitrogens with zero attached hydrogens (tertiary/aromatic N) is 1. The molecule has 0 aliphatic carbocycles. The van der Waals surface area contributed by atoms with Crippen LogP contribution in [0.4, 0.5) is 0 Å². The van der Waals surface area contributed by atoms with E-state index in [0.717, 1.165) is 30.9 Å². The first-order valence-corrected chi connectivity index (χ1v) is 5.88. The lowest BCUT2D eigenvalue weighted by Gasteiger charge is -2.18. The number of benzene rings is 1. The van der Waals surface area contributed by atoms with E-state index in [1.54, 1.807) is 0 Å². The van der Waals surface area contributed by atoms with E-state index >= 15 is 0 Å². The molecule has 1 N–H and O–H groups in total. The number of ether oxygens (including phenoxy) is 1. The van der Waals surface area contributed by atoms with Gasteiger partial charge in [-0.1, -0.05) is 19.1 Å². The summed E-state index contributed by atoms with van der Waals surface area (Å²) in [5, 5.41) is 8.79. The van der Waals surface area contributed by atoms with Gasteiger partial charge >= 0.3 is 5.97 Å². The molecule has 1 aliphatic heterocycles. The van der Waals surface area contributed by atoms with Crippen LogP contribution in [0.25, 0.3) is 0 Å². The Kier molecular flexibility index (Phi) is 3.64. The highest BCUT2D eigenvalue weighted by Crippen LogP contribution is 2.26. The van der Waals surface area contributed by atoms with Crippen LogP contribution in [0.2, 0.25) is 0 Å². The number of carboxylic acids is 1. The van der Waals surface area contributed by atoms with Crippen molar-refractivity contribution >= 4 is 5.97 Å². The predicted molar refractivity (Wildman–Crippen MR) is 64.2 cm³/mol. The summed E-state index contributed by atoms with van der Waals surface area (Å²) < 4.78 is 5.44. The van der Waals surface area contributed by atoms with Gasteiger partial charge < -0.3 is 9.84 Å². The molecule has 1 heterocycles. The zero-order valence-electron chi connectivity index (χ0n) is 9.98. The van der Waals surface area contributed by atoms with E-state index in [1.165, 1.54) is 5.56 Å². The quantitative estimate of drug-likeness (QED) is 0.840. The summed E-state index contributed by atoms with van der Waals surface area (Å²) in [6.45, 7) is 4.23. The van der Waals surface area contributed by atoms with E-state index in [4.69, 9.17) is 9.84 Å². The summed E-state index contributed by atoms with van der Waals surface area (Å²) in [6.07, 6.45) is 0.953. The van der Waals surface area contributed by atoms with Gasteiger partial charge in [0.2, 0.25) is 0 Å². The van der Waals surface area contributed by atoms with Gasteiger partial charge in [-0.15, -0.1) is 0 Å². The molecule has 0 unspecified atom stereocenters. The predicted octanol–water partition coefficient (Wildman–Crippen LogP) is 1.53. The third kappa shape index (κ3) is 2.97. The molecule has 1 aliphatic rings. The Labute approximate surface area is 101 Å². The molecular weight excluding hydrogens is 218 g/mol. The van der Waals surface area contributed by atoms with Gasteiger partial charge in [0.25, 0.3) is 0 Å². The van der Waals surface area contributed by atoms with Crippen LogP contribution in [0.1, 0.15) is 18.1 Å². The van der Waals surface area contributed by atoms with Crippen molar-refractivity contribution in [3.05, 3.63) is 29.3 Å². The molecule has 0 saturated heterocycles. The second kappa shape index (κ2) is 5.19. The van der Waals surface area contributed by atoms with Gasteiger partial charge in [0.1, 0.15) is 5.75 Å². The summed E-state index contributed by atoms with van der Waals surface area (Å²) in [7, 11) is 0. The standard InChI is InChI=1S/C13H17NO3/c1-2-14(9-13(15)16)8-10-3-4-12-11(7-10)5-6-17-12/h3-4,7H,2,5-6,8-9H2,1H3,(H,15,16).